The zero-order chi connectivity index (χ0) is 39.1. The molecule has 0 saturated heterocycles. The van der Waals surface area contributed by atoms with Gasteiger partial charge in [0.25, 0.3) is 0 Å². The molecule has 3 aromatic rings. The predicted molar refractivity (Wildman–Crippen MR) is 211 cm³/mol. The smallest absolute Gasteiger partial charge is 0.200 e. The fourth-order valence-electron chi connectivity index (χ4n) is 6.04. The Balaban J connectivity index is 2.33. The molecule has 1 unspecified atom stereocenters. The van der Waals surface area contributed by atoms with E-state index in [4.69, 9.17) is 37.9 Å². The van der Waals surface area contributed by atoms with Crippen molar-refractivity contribution >= 4 is 26.1 Å². The Bertz CT molecular complexity index is 1610. The van der Waals surface area contributed by atoms with Gasteiger partial charge in [-0.1, -0.05) is 24.3 Å². The predicted octanol–water partition coefficient (Wildman–Crippen LogP) is 7.11. The van der Waals surface area contributed by atoms with E-state index < -0.39 is 11.6 Å². The molecule has 3 aromatic carbocycles. The van der Waals surface area contributed by atoms with Gasteiger partial charge in [-0.2, -0.15) is 0 Å². The monoisotopic (exact) mass is 746 g/mol. The molecule has 0 N–H and O–H groups in total. The van der Waals surface area contributed by atoms with Crippen LogP contribution in [0.4, 0.5) is 0 Å². The lowest BCUT2D eigenvalue weighted by Crippen LogP contribution is -2.17. The number of hydrogen-bond donors (Lipinski definition) is 0. The van der Waals surface area contributed by atoms with Crippen molar-refractivity contribution in [1.29, 1.82) is 0 Å². The molecule has 3 rings (SSSR count). The van der Waals surface area contributed by atoms with E-state index in [1.807, 2.05) is 13.8 Å². The zero-order valence-electron chi connectivity index (χ0n) is 31.7. The van der Waals surface area contributed by atoms with E-state index in [-0.39, 0.29) is 98.1 Å². The maximum absolute atomic E-state index is 14.7. The van der Waals surface area contributed by atoms with Crippen LogP contribution in [0, 0.1) is 13.8 Å². The highest BCUT2D eigenvalue weighted by Crippen LogP contribution is 2.43. The summed E-state index contributed by atoms with van der Waals surface area (Å²) in [5.41, 5.74) is 4.95. The normalized spacial score (nSPS) is 10.8. The third-order valence-electron chi connectivity index (χ3n) is 8.49. The second-order valence-corrected chi connectivity index (χ2v) is 12.4. The summed E-state index contributed by atoms with van der Waals surface area (Å²) in [6.45, 7) is 20.4. The van der Waals surface area contributed by atoms with Crippen molar-refractivity contribution in [2.24, 2.45) is 0 Å². The number of rotatable bonds is 24. The van der Waals surface area contributed by atoms with Crippen LogP contribution in [0.15, 0.2) is 68.8 Å². The van der Waals surface area contributed by atoms with Crippen LogP contribution >= 0.6 is 9.24 Å². The van der Waals surface area contributed by atoms with Crippen molar-refractivity contribution in [3.05, 3.63) is 124 Å². The summed E-state index contributed by atoms with van der Waals surface area (Å²) >= 11 is 0. The maximum Gasteiger partial charge on any atom is 0.200 e. The lowest BCUT2D eigenvalue weighted by atomic mass is 9.89. The Hall–Kier alpha value is -4.57. The minimum Gasteiger partial charge on any atom is -0.495 e. The first-order chi connectivity index (χ1) is 25.6. The van der Waals surface area contributed by atoms with Crippen molar-refractivity contribution in [2.45, 2.75) is 40.3 Å². The van der Waals surface area contributed by atoms with E-state index in [0.29, 0.717) is 27.6 Å². The van der Waals surface area contributed by atoms with Crippen LogP contribution < -0.4 is 24.3 Å². The Kier molecular flexibility index (Phi) is 17.1. The summed E-state index contributed by atoms with van der Waals surface area (Å²) in [5.74, 6) is 0.284. The molecule has 0 spiro atoms. The van der Waals surface area contributed by atoms with E-state index >= 15 is 0 Å². The van der Waals surface area contributed by atoms with E-state index in [1.165, 1.54) is 28.4 Å². The maximum atomic E-state index is 14.7. The fraction of sp³-hybridized carbons (Fsp3) is 0.333. The van der Waals surface area contributed by atoms with Crippen LogP contribution in [0.2, 0.25) is 0 Å². The summed E-state index contributed by atoms with van der Waals surface area (Å²) in [6.07, 6.45) is 6.56. The Morgan fingerprint density at radius 1 is 0.528 bits per heavy atom. The quantitative estimate of drug-likeness (QED) is 0.0408. The highest BCUT2D eigenvalue weighted by Gasteiger charge is 2.32. The molecule has 0 aromatic heterocycles. The van der Waals surface area contributed by atoms with Crippen LogP contribution in [0.3, 0.4) is 0 Å². The number of methoxy groups -OCH3 is 4. The van der Waals surface area contributed by atoms with Crippen molar-refractivity contribution in [3.63, 3.8) is 0 Å². The molecule has 0 saturated carbocycles. The van der Waals surface area contributed by atoms with E-state index in [2.05, 4.69) is 35.6 Å². The lowest BCUT2D eigenvalue weighted by molar-refractivity contribution is 0.102. The third-order valence-corrected chi connectivity index (χ3v) is 8.83. The topological polar surface area (TPSA) is 108 Å². The van der Waals surface area contributed by atoms with E-state index in [9.17, 15) is 9.59 Å². The lowest BCUT2D eigenvalue weighted by Gasteiger charge is -2.24. The fourth-order valence-corrected chi connectivity index (χ4v) is 6.40. The molecule has 0 radical (unpaired) electrons. The van der Waals surface area contributed by atoms with Crippen molar-refractivity contribution in [1.82, 2.24) is 0 Å². The molecule has 0 bridgehead atoms. The average Bonchev–Trinajstić information content (AvgIpc) is 3.16. The minimum absolute atomic E-state index is 0.137. The molecule has 0 aliphatic carbocycles. The van der Waals surface area contributed by atoms with Gasteiger partial charge in [-0.25, -0.2) is 0 Å². The zero-order valence-corrected chi connectivity index (χ0v) is 32.8. The van der Waals surface area contributed by atoms with Crippen LogP contribution in [0.25, 0.3) is 0 Å². The Labute approximate surface area is 315 Å². The number of ether oxygens (including phenoxy) is 8. The highest BCUT2D eigenvalue weighted by atomic mass is 31.0. The SMILES string of the molecule is C=CCOCc1c(C)c(COCC=C)c(OC)c(C(=O)c2cc(P)cc(C(=O)c3c(OC)c(COCC=C)c(C)c(COCC=C)c3OC)c2)c1OC. The first kappa shape index (κ1) is 42.8. The number of ketones is 2. The van der Waals surface area contributed by atoms with E-state index in [0.717, 1.165) is 11.1 Å². The van der Waals surface area contributed by atoms with Gasteiger partial charge in [0.2, 0.25) is 11.6 Å². The number of carbonyl (C=O) groups is 2. The van der Waals surface area contributed by atoms with Crippen molar-refractivity contribution < 1.29 is 47.5 Å². The molecule has 53 heavy (non-hydrogen) atoms. The Morgan fingerprint density at radius 2 is 0.792 bits per heavy atom. The first-order valence-electron chi connectivity index (χ1n) is 16.9. The van der Waals surface area contributed by atoms with Gasteiger partial charge in [0.1, 0.15) is 34.1 Å². The van der Waals surface area contributed by atoms with Crippen LogP contribution in [-0.4, -0.2) is 66.4 Å². The summed E-state index contributed by atoms with van der Waals surface area (Å²) in [6, 6.07) is 4.90. The molecule has 1 atom stereocenters. The molecule has 0 aliphatic heterocycles. The highest BCUT2D eigenvalue weighted by molar-refractivity contribution is 7.27. The van der Waals surface area contributed by atoms with Crippen LogP contribution in [-0.2, 0) is 45.4 Å². The molecular weight excluding hydrogens is 695 g/mol. The van der Waals surface area contributed by atoms with E-state index in [1.54, 1.807) is 42.5 Å². The molecule has 0 amide bonds. The summed E-state index contributed by atoms with van der Waals surface area (Å²) in [7, 11) is 8.52. The molecule has 284 valence electrons. The van der Waals surface area contributed by atoms with Gasteiger partial charge in [0.15, 0.2) is 0 Å². The summed E-state index contributed by atoms with van der Waals surface area (Å²) in [5, 5.41) is 0.586. The molecule has 0 fully saturated rings. The standard InChI is InChI=1S/C42H51O10P/c1-11-15-49-22-31-26(5)32(23-50-16-12-2)40(46-8)35(39(31)45-7)37(43)28-19-29(21-30(53)20-28)38(44)36-41(47-9)33(24-51-17-13-3)27(6)34(42(36)48-10)25-52-18-14-4/h11-14,19-21H,1-4,15-18,22-25,53H2,5-10H3. The largest absolute Gasteiger partial charge is 0.495 e. The second-order valence-electron chi connectivity index (χ2n) is 11.8. The van der Waals surface area contributed by atoms with Gasteiger partial charge in [-0.05, 0) is 48.5 Å². The minimum atomic E-state index is -0.438. The van der Waals surface area contributed by atoms with Crippen LogP contribution in [0.5, 0.6) is 23.0 Å². The van der Waals surface area contributed by atoms with Gasteiger partial charge < -0.3 is 37.9 Å². The second kappa shape index (κ2) is 21.2. The van der Waals surface area contributed by atoms with Gasteiger partial charge >= 0.3 is 0 Å². The van der Waals surface area contributed by atoms with Gasteiger partial charge in [-0.15, -0.1) is 35.6 Å². The number of benzene rings is 3. The molecular formula is C42H51O10P. The summed E-state index contributed by atoms with van der Waals surface area (Å²) < 4.78 is 46.9. The third kappa shape index (κ3) is 9.90. The van der Waals surface area contributed by atoms with Crippen molar-refractivity contribution in [2.75, 3.05) is 54.9 Å². The molecule has 10 nitrogen and oxygen atoms in total. The molecule has 11 heteroatoms. The molecule has 0 heterocycles. The van der Waals surface area contributed by atoms with Crippen molar-refractivity contribution in [3.8, 4) is 23.0 Å². The average molecular weight is 747 g/mol. The van der Waals surface area contributed by atoms with Gasteiger partial charge in [0, 0.05) is 33.4 Å². The van der Waals surface area contributed by atoms with Crippen LogP contribution in [0.1, 0.15) is 65.2 Å². The molecule has 0 aliphatic rings. The number of carbonyl (C=O) groups excluding carboxylic acids is 2. The van der Waals surface area contributed by atoms with Gasteiger partial charge in [0.05, 0.1) is 81.3 Å². The first-order valence-corrected chi connectivity index (χ1v) is 17.4. The summed E-state index contributed by atoms with van der Waals surface area (Å²) in [4.78, 5) is 29.5. The number of hydrogen-bond acceptors (Lipinski definition) is 10. The Morgan fingerprint density at radius 3 is 1.02 bits per heavy atom. The van der Waals surface area contributed by atoms with Gasteiger partial charge in [-0.3, -0.25) is 9.59 Å².